The molecule has 0 fully saturated rings. The van der Waals surface area contributed by atoms with Crippen LogP contribution in [0.15, 0.2) is 0 Å². The van der Waals surface area contributed by atoms with Crippen molar-refractivity contribution >= 4 is 13.7 Å². The number of nitrogens with one attached hydrogen (secondary N) is 2. The minimum atomic E-state index is -3.23. The van der Waals surface area contributed by atoms with E-state index in [-0.39, 0.29) is 18.7 Å². The van der Waals surface area contributed by atoms with Crippen molar-refractivity contribution in [2.75, 3.05) is 59.1 Å². The highest BCUT2D eigenvalue weighted by atomic mass is 31.2. The number of rotatable bonds is 49. The summed E-state index contributed by atoms with van der Waals surface area (Å²) in [5.74, 6) is 0.0262. The van der Waals surface area contributed by atoms with Crippen LogP contribution in [0.1, 0.15) is 240 Å². The van der Waals surface area contributed by atoms with Gasteiger partial charge in [-0.1, -0.05) is 156 Å². The molecule has 0 aromatic rings. The molecule has 348 valence electrons. The highest BCUT2D eigenvalue weighted by Gasteiger charge is 2.23. The van der Waals surface area contributed by atoms with Crippen LogP contribution in [0.25, 0.3) is 0 Å². The minimum Gasteiger partial charge on any atom is -0.462 e. The molecule has 3 N–H and O–H groups in total. The van der Waals surface area contributed by atoms with Crippen molar-refractivity contribution in [3.05, 3.63) is 0 Å². The summed E-state index contributed by atoms with van der Waals surface area (Å²) in [6.45, 7) is 15.1. The number of carbonyl (C=O) groups is 1. The fourth-order valence-electron chi connectivity index (χ4n) is 7.62. The Kier molecular flexibility index (Phi) is 45.5. The molecule has 0 saturated heterocycles. The summed E-state index contributed by atoms with van der Waals surface area (Å²) in [5.41, 5.74) is 0. The Hall–Kier alpha value is -0.540. The smallest absolute Gasteiger partial charge is 0.405 e. The second-order valence-electron chi connectivity index (χ2n) is 17.0. The van der Waals surface area contributed by atoms with E-state index in [4.69, 9.17) is 13.8 Å². The largest absolute Gasteiger partial charge is 0.462 e. The summed E-state index contributed by atoms with van der Waals surface area (Å²) in [7, 11) is -3.23. The van der Waals surface area contributed by atoms with Gasteiger partial charge in [0.25, 0.3) is 0 Å². The van der Waals surface area contributed by atoms with Gasteiger partial charge in [-0.3, -0.25) is 13.8 Å². The number of nitrogens with zero attached hydrogens (tertiary/aromatic N) is 1. The van der Waals surface area contributed by atoms with Crippen LogP contribution >= 0.6 is 7.75 Å². The summed E-state index contributed by atoms with van der Waals surface area (Å²) < 4.78 is 30.2. The van der Waals surface area contributed by atoms with E-state index in [2.05, 4.69) is 36.1 Å². The minimum absolute atomic E-state index is 0.0262. The average Bonchev–Trinajstić information content (AvgIpc) is 3.21. The number of aliphatic hydroxyl groups is 1. The molecule has 0 aromatic carbocycles. The third-order valence-corrected chi connectivity index (χ3v) is 13.0. The Morgan fingerprint density at radius 3 is 1.50 bits per heavy atom. The molecule has 0 aliphatic carbocycles. The van der Waals surface area contributed by atoms with Crippen molar-refractivity contribution in [3.63, 3.8) is 0 Å². The van der Waals surface area contributed by atoms with Gasteiger partial charge in [0.2, 0.25) is 0 Å². The highest BCUT2D eigenvalue weighted by molar-refractivity contribution is 7.51. The molecule has 9 nitrogen and oxygen atoms in total. The topological polar surface area (TPSA) is 109 Å². The van der Waals surface area contributed by atoms with Gasteiger partial charge in [0.05, 0.1) is 19.8 Å². The molecule has 1 atom stereocenters. The number of hydrogen-bond acceptors (Lipinski definition) is 8. The van der Waals surface area contributed by atoms with Gasteiger partial charge in [0.1, 0.15) is 6.10 Å². The molecule has 0 aliphatic rings. The van der Waals surface area contributed by atoms with E-state index in [0.717, 1.165) is 96.9 Å². The number of unbranched alkanes of at least 4 members (excludes halogenated alkanes) is 24. The Labute approximate surface area is 361 Å². The number of aliphatic hydroxyl groups excluding tert-OH is 1. The summed E-state index contributed by atoms with van der Waals surface area (Å²) >= 11 is 0. The number of esters is 1. The lowest BCUT2D eigenvalue weighted by molar-refractivity contribution is -0.150. The van der Waals surface area contributed by atoms with Crippen LogP contribution in [-0.4, -0.2) is 81.2 Å². The first-order valence-electron chi connectivity index (χ1n) is 25.3. The van der Waals surface area contributed by atoms with Crippen LogP contribution in [0, 0.1) is 0 Å². The number of ether oxygens (including phenoxy) is 1. The van der Waals surface area contributed by atoms with Gasteiger partial charge in [-0.25, -0.2) is 9.65 Å². The van der Waals surface area contributed by atoms with Gasteiger partial charge in [-0.05, 0) is 104 Å². The van der Waals surface area contributed by atoms with Crippen LogP contribution in [-0.2, 0) is 23.1 Å². The van der Waals surface area contributed by atoms with E-state index in [1.807, 2.05) is 6.92 Å². The number of carbonyl (C=O) groups excluding carboxylic acids is 1. The van der Waals surface area contributed by atoms with Crippen molar-refractivity contribution in [1.29, 1.82) is 0 Å². The van der Waals surface area contributed by atoms with Gasteiger partial charge < -0.3 is 20.1 Å². The summed E-state index contributed by atoms with van der Waals surface area (Å²) in [6.07, 6.45) is 38.8. The zero-order chi connectivity index (χ0) is 42.5. The second kappa shape index (κ2) is 46.0. The molecule has 0 spiro atoms. The molecule has 0 rings (SSSR count). The van der Waals surface area contributed by atoms with Crippen LogP contribution in [0.3, 0.4) is 0 Å². The van der Waals surface area contributed by atoms with Crippen LogP contribution < -0.4 is 10.4 Å². The molecule has 0 aliphatic heterocycles. The lowest BCUT2D eigenvalue weighted by Crippen LogP contribution is -2.29. The molecule has 58 heavy (non-hydrogen) atoms. The van der Waals surface area contributed by atoms with Crippen LogP contribution in [0.4, 0.5) is 0 Å². The maximum Gasteiger partial charge on any atom is 0.405 e. The van der Waals surface area contributed by atoms with Crippen LogP contribution in [0.2, 0.25) is 0 Å². The fraction of sp³-hybridized carbons (Fsp3) is 0.979. The first kappa shape index (κ1) is 57.5. The van der Waals surface area contributed by atoms with E-state index in [1.165, 1.54) is 141 Å². The van der Waals surface area contributed by atoms with Gasteiger partial charge in [-0.15, -0.1) is 0 Å². The zero-order valence-corrected chi connectivity index (χ0v) is 40.1. The van der Waals surface area contributed by atoms with Crippen LogP contribution in [0.5, 0.6) is 0 Å². The first-order chi connectivity index (χ1) is 28.4. The Morgan fingerprint density at radius 1 is 0.534 bits per heavy atom. The van der Waals surface area contributed by atoms with Crippen molar-refractivity contribution in [2.45, 2.75) is 246 Å². The summed E-state index contributed by atoms with van der Waals surface area (Å²) in [4.78, 5) is 15.1. The monoisotopic (exact) mass is 846 g/mol. The lowest BCUT2D eigenvalue weighted by Gasteiger charge is -2.21. The first-order valence-corrected chi connectivity index (χ1v) is 26.9. The van der Waals surface area contributed by atoms with Gasteiger partial charge >= 0.3 is 13.7 Å². The predicted octanol–water partition coefficient (Wildman–Crippen LogP) is 13.5. The highest BCUT2D eigenvalue weighted by Crippen LogP contribution is 2.43. The van der Waals surface area contributed by atoms with E-state index in [1.54, 1.807) is 0 Å². The normalized spacial score (nSPS) is 12.9. The Bertz CT molecular complexity index is 868. The fourth-order valence-corrected chi connectivity index (χ4v) is 9.02. The Morgan fingerprint density at radius 2 is 0.983 bits per heavy atom. The SMILES string of the molecule is CCCCCCCCCOP(=O)(NCCCCCN(CCO)CCCCCNCCCCCCCC(=O)OC(CCCCCCCC)CCCCCCCC)OCC. The maximum absolute atomic E-state index is 13.0. The average molecular weight is 846 g/mol. The van der Waals surface area contributed by atoms with Gasteiger partial charge in [0.15, 0.2) is 0 Å². The zero-order valence-electron chi connectivity index (χ0n) is 39.2. The molecule has 1 unspecified atom stereocenters. The van der Waals surface area contributed by atoms with E-state index in [9.17, 15) is 14.5 Å². The standard InChI is InChI=1S/C48H100N3O6P/c1-5-9-12-15-18-24-35-46-56-58(54,55-8-4)50-41-32-26-34-43-51(44-45-52)42-33-25-31-40-49-39-30-23-19-22-29-38-48(53)57-47(36-27-20-16-13-10-6-2)37-28-21-17-14-11-7-3/h47,49,52H,5-46H2,1-4H3,(H,50,54). The van der Waals surface area contributed by atoms with Crippen molar-refractivity contribution in [3.8, 4) is 0 Å². The summed E-state index contributed by atoms with van der Waals surface area (Å²) in [6, 6.07) is 0. The third kappa shape index (κ3) is 40.8. The van der Waals surface area contributed by atoms with E-state index in [0.29, 0.717) is 26.2 Å². The molecule has 0 aromatic heterocycles. The molecular formula is C48H100N3O6P. The van der Waals surface area contributed by atoms with Crippen molar-refractivity contribution in [1.82, 2.24) is 15.3 Å². The lowest BCUT2D eigenvalue weighted by atomic mass is 10.0. The van der Waals surface area contributed by atoms with Gasteiger partial charge in [-0.2, -0.15) is 0 Å². The molecular weight excluding hydrogens is 746 g/mol. The predicted molar refractivity (Wildman–Crippen MR) is 249 cm³/mol. The molecule has 0 radical (unpaired) electrons. The van der Waals surface area contributed by atoms with Crippen molar-refractivity contribution < 1.29 is 28.3 Å². The number of hydrogen-bond donors (Lipinski definition) is 3. The van der Waals surface area contributed by atoms with Crippen molar-refractivity contribution in [2.24, 2.45) is 0 Å². The molecule has 0 heterocycles. The molecule has 10 heteroatoms. The third-order valence-electron chi connectivity index (χ3n) is 11.3. The molecule has 0 amide bonds. The quantitative estimate of drug-likeness (QED) is 0.0313. The molecule has 0 bridgehead atoms. The maximum atomic E-state index is 13.0. The van der Waals surface area contributed by atoms with E-state index < -0.39 is 7.75 Å². The second-order valence-corrected chi connectivity index (χ2v) is 18.8. The molecule has 0 saturated carbocycles. The van der Waals surface area contributed by atoms with E-state index >= 15 is 0 Å². The Balaban J connectivity index is 3.94. The van der Waals surface area contributed by atoms with Gasteiger partial charge in [0, 0.05) is 19.5 Å². The summed E-state index contributed by atoms with van der Waals surface area (Å²) in [5, 5.41) is 16.3.